The molecule has 0 bridgehead atoms. The predicted octanol–water partition coefficient (Wildman–Crippen LogP) is 3.86. The van der Waals surface area contributed by atoms with Crippen molar-refractivity contribution in [2.45, 2.75) is 96.0 Å². The highest BCUT2D eigenvalue weighted by atomic mass is 16.9. The molecule has 0 radical (unpaired) electrons. The Balaban J connectivity index is 1.43. The van der Waals surface area contributed by atoms with Gasteiger partial charge in [0.15, 0.2) is 5.79 Å². The summed E-state index contributed by atoms with van der Waals surface area (Å²) in [6, 6.07) is 0. The number of ether oxygens (including phenoxy) is 1. The number of nitrogens with one attached hydrogen (secondary N) is 2. The van der Waals surface area contributed by atoms with Crippen LogP contribution in [0.4, 0.5) is 0 Å². The molecule has 2 rings (SSSR count). The van der Waals surface area contributed by atoms with Crippen LogP contribution in [0.15, 0.2) is 0 Å². The minimum atomic E-state index is -0.338. The SMILES string of the molecule is CCCCCCCCCCCC1NOC2(CCNCC2)O1. The van der Waals surface area contributed by atoms with Gasteiger partial charge >= 0.3 is 0 Å². The molecule has 2 aliphatic rings. The van der Waals surface area contributed by atoms with Crippen LogP contribution in [0.1, 0.15) is 84.0 Å². The number of rotatable bonds is 10. The van der Waals surface area contributed by atoms with Gasteiger partial charge in [-0.3, -0.25) is 4.84 Å². The van der Waals surface area contributed by atoms with E-state index in [1.54, 1.807) is 0 Å². The molecular weight excluding hydrogens is 264 g/mol. The molecule has 1 atom stereocenters. The molecule has 4 heteroatoms. The Morgan fingerprint density at radius 2 is 1.52 bits per heavy atom. The third-order valence-corrected chi connectivity index (χ3v) is 4.67. The lowest BCUT2D eigenvalue weighted by Crippen LogP contribution is -2.43. The molecule has 2 aliphatic heterocycles. The van der Waals surface area contributed by atoms with Crippen molar-refractivity contribution in [2.75, 3.05) is 13.1 Å². The van der Waals surface area contributed by atoms with Crippen molar-refractivity contribution in [1.29, 1.82) is 0 Å². The molecule has 2 saturated heterocycles. The van der Waals surface area contributed by atoms with Gasteiger partial charge in [0.05, 0.1) is 0 Å². The van der Waals surface area contributed by atoms with Gasteiger partial charge in [0.1, 0.15) is 6.23 Å². The van der Waals surface area contributed by atoms with E-state index in [9.17, 15) is 0 Å². The lowest BCUT2D eigenvalue weighted by atomic mass is 10.1. The molecule has 2 fully saturated rings. The third kappa shape index (κ3) is 6.23. The van der Waals surface area contributed by atoms with Crippen LogP contribution < -0.4 is 10.8 Å². The molecule has 1 spiro atoms. The molecular formula is C17H34N2O2. The van der Waals surface area contributed by atoms with E-state index >= 15 is 0 Å². The molecule has 2 heterocycles. The zero-order valence-corrected chi connectivity index (χ0v) is 13.8. The second-order valence-electron chi connectivity index (χ2n) is 6.60. The quantitative estimate of drug-likeness (QED) is 0.601. The first-order chi connectivity index (χ1) is 10.3. The lowest BCUT2D eigenvalue weighted by Gasteiger charge is -2.30. The van der Waals surface area contributed by atoms with E-state index in [4.69, 9.17) is 9.57 Å². The van der Waals surface area contributed by atoms with Crippen LogP contribution in [0.3, 0.4) is 0 Å². The average Bonchev–Trinajstić information content (AvgIpc) is 2.89. The summed E-state index contributed by atoms with van der Waals surface area (Å²) in [6.07, 6.45) is 15.4. The Labute approximate surface area is 130 Å². The number of piperidine rings is 1. The molecule has 124 valence electrons. The van der Waals surface area contributed by atoms with Crippen LogP contribution in [0.25, 0.3) is 0 Å². The highest BCUT2D eigenvalue weighted by molar-refractivity contribution is 4.81. The van der Waals surface area contributed by atoms with Crippen LogP contribution in [-0.2, 0) is 9.57 Å². The summed E-state index contributed by atoms with van der Waals surface area (Å²) < 4.78 is 6.09. The van der Waals surface area contributed by atoms with Crippen molar-refractivity contribution >= 4 is 0 Å². The summed E-state index contributed by atoms with van der Waals surface area (Å²) in [5.41, 5.74) is 3.09. The number of hydroxylamine groups is 1. The Hall–Kier alpha value is -0.160. The molecule has 0 aromatic carbocycles. The first-order valence-corrected chi connectivity index (χ1v) is 9.17. The standard InChI is InChI=1S/C17H34N2O2/c1-2-3-4-5-6-7-8-9-10-11-16-19-21-17(20-16)12-14-18-15-13-17/h16,18-19H,2-15H2,1H3. The van der Waals surface area contributed by atoms with Crippen molar-refractivity contribution in [3.8, 4) is 0 Å². The Bertz CT molecular complexity index is 268. The Morgan fingerprint density at radius 1 is 0.905 bits per heavy atom. The van der Waals surface area contributed by atoms with Gasteiger partial charge in [-0.2, -0.15) is 5.48 Å². The van der Waals surface area contributed by atoms with E-state index < -0.39 is 0 Å². The van der Waals surface area contributed by atoms with E-state index in [0.717, 1.165) is 32.4 Å². The fraction of sp³-hybridized carbons (Fsp3) is 1.00. The second kappa shape index (κ2) is 9.78. The highest BCUT2D eigenvalue weighted by Gasteiger charge is 2.42. The fourth-order valence-corrected chi connectivity index (χ4v) is 3.27. The highest BCUT2D eigenvalue weighted by Crippen LogP contribution is 2.30. The Kier molecular flexibility index (Phi) is 8.01. The maximum absolute atomic E-state index is 6.09. The summed E-state index contributed by atoms with van der Waals surface area (Å²) in [5, 5.41) is 3.35. The Morgan fingerprint density at radius 3 is 2.19 bits per heavy atom. The van der Waals surface area contributed by atoms with Crippen LogP contribution in [0.2, 0.25) is 0 Å². The summed E-state index contributed by atoms with van der Waals surface area (Å²) in [4.78, 5) is 5.71. The molecule has 1 unspecified atom stereocenters. The third-order valence-electron chi connectivity index (χ3n) is 4.67. The van der Waals surface area contributed by atoms with Gasteiger partial charge in [-0.05, 0) is 12.8 Å². The summed E-state index contributed by atoms with van der Waals surface area (Å²) >= 11 is 0. The maximum Gasteiger partial charge on any atom is 0.192 e. The van der Waals surface area contributed by atoms with Crippen molar-refractivity contribution in [2.24, 2.45) is 0 Å². The van der Waals surface area contributed by atoms with Gasteiger partial charge < -0.3 is 10.1 Å². The largest absolute Gasteiger partial charge is 0.328 e. The van der Waals surface area contributed by atoms with Gasteiger partial charge in [0.2, 0.25) is 0 Å². The van der Waals surface area contributed by atoms with Crippen molar-refractivity contribution in [1.82, 2.24) is 10.8 Å². The molecule has 0 aromatic heterocycles. The van der Waals surface area contributed by atoms with Crippen LogP contribution in [-0.4, -0.2) is 25.1 Å². The van der Waals surface area contributed by atoms with Gasteiger partial charge in [-0.25, -0.2) is 0 Å². The smallest absolute Gasteiger partial charge is 0.192 e. The van der Waals surface area contributed by atoms with Crippen LogP contribution >= 0.6 is 0 Å². The zero-order chi connectivity index (χ0) is 14.8. The number of hydrogen-bond acceptors (Lipinski definition) is 4. The topological polar surface area (TPSA) is 42.5 Å². The molecule has 0 amide bonds. The average molecular weight is 298 g/mol. The first kappa shape index (κ1) is 17.2. The maximum atomic E-state index is 6.09. The molecule has 0 aliphatic carbocycles. The van der Waals surface area contributed by atoms with E-state index in [2.05, 4.69) is 17.7 Å². The number of hydrogen-bond donors (Lipinski definition) is 2. The summed E-state index contributed by atoms with van der Waals surface area (Å²) in [5.74, 6) is -0.338. The molecule has 2 N–H and O–H groups in total. The van der Waals surface area contributed by atoms with Crippen molar-refractivity contribution in [3.05, 3.63) is 0 Å². The minimum absolute atomic E-state index is 0.104. The van der Waals surface area contributed by atoms with Gasteiger partial charge in [0, 0.05) is 25.9 Å². The monoisotopic (exact) mass is 298 g/mol. The van der Waals surface area contributed by atoms with E-state index in [-0.39, 0.29) is 12.0 Å². The van der Waals surface area contributed by atoms with Gasteiger partial charge in [0.25, 0.3) is 0 Å². The van der Waals surface area contributed by atoms with E-state index in [1.807, 2.05) is 0 Å². The van der Waals surface area contributed by atoms with Crippen molar-refractivity contribution in [3.63, 3.8) is 0 Å². The molecule has 4 nitrogen and oxygen atoms in total. The molecule has 0 aromatic rings. The minimum Gasteiger partial charge on any atom is -0.328 e. The normalized spacial score (nSPS) is 24.7. The lowest BCUT2D eigenvalue weighted by molar-refractivity contribution is -0.193. The van der Waals surface area contributed by atoms with E-state index in [1.165, 1.54) is 57.8 Å². The van der Waals surface area contributed by atoms with Crippen LogP contribution in [0.5, 0.6) is 0 Å². The fourth-order valence-electron chi connectivity index (χ4n) is 3.27. The zero-order valence-electron chi connectivity index (χ0n) is 13.8. The number of unbranched alkanes of at least 4 members (excludes halogenated alkanes) is 8. The van der Waals surface area contributed by atoms with Crippen molar-refractivity contribution < 1.29 is 9.57 Å². The second-order valence-corrected chi connectivity index (χ2v) is 6.60. The summed E-state index contributed by atoms with van der Waals surface area (Å²) in [7, 11) is 0. The predicted molar refractivity (Wildman–Crippen MR) is 85.8 cm³/mol. The van der Waals surface area contributed by atoms with Gasteiger partial charge in [-0.1, -0.05) is 58.3 Å². The molecule has 21 heavy (non-hydrogen) atoms. The van der Waals surface area contributed by atoms with Crippen LogP contribution in [0, 0.1) is 0 Å². The van der Waals surface area contributed by atoms with Gasteiger partial charge in [-0.15, -0.1) is 0 Å². The summed E-state index contributed by atoms with van der Waals surface area (Å²) in [6.45, 7) is 4.26. The molecule has 0 saturated carbocycles. The van der Waals surface area contributed by atoms with E-state index in [0.29, 0.717) is 0 Å². The first-order valence-electron chi connectivity index (χ1n) is 9.17.